The van der Waals surface area contributed by atoms with Crippen LogP contribution in [0.25, 0.3) is 0 Å². The SMILES string of the molecule is Cc1csc(S(=O)(=O)N(CC(C)F)c2cc(F)c(C)cc2OCc2ccc(C(=O)[O-])cc2)n1.[Na+]. The number of anilines is 1. The van der Waals surface area contributed by atoms with E-state index < -0.39 is 34.5 Å². The molecule has 0 spiro atoms. The molecule has 3 rings (SSSR count). The normalized spacial score (nSPS) is 12.0. The molecular formula is C22H21F2N2NaO5S2. The van der Waals surface area contributed by atoms with Crippen LogP contribution in [0.5, 0.6) is 5.75 Å². The molecule has 7 nitrogen and oxygen atoms in total. The Bertz CT molecular complexity index is 1260. The van der Waals surface area contributed by atoms with E-state index in [1.807, 2.05) is 0 Å². The van der Waals surface area contributed by atoms with E-state index in [0.29, 0.717) is 11.3 Å². The predicted molar refractivity (Wildman–Crippen MR) is 118 cm³/mol. The molecule has 2 aromatic carbocycles. The number of carbonyl (C=O) groups is 1. The van der Waals surface area contributed by atoms with Gasteiger partial charge in [-0.15, -0.1) is 11.3 Å². The van der Waals surface area contributed by atoms with Crippen molar-refractivity contribution in [3.05, 3.63) is 70.0 Å². The van der Waals surface area contributed by atoms with Crippen molar-refractivity contribution in [3.63, 3.8) is 0 Å². The molecule has 0 N–H and O–H groups in total. The van der Waals surface area contributed by atoms with Crippen LogP contribution in [0.4, 0.5) is 14.5 Å². The number of hydrogen-bond donors (Lipinski definition) is 0. The molecule has 0 aliphatic rings. The van der Waals surface area contributed by atoms with Crippen molar-refractivity contribution in [2.45, 2.75) is 37.9 Å². The maximum absolute atomic E-state index is 14.5. The Hall–Kier alpha value is -2.05. The summed E-state index contributed by atoms with van der Waals surface area (Å²) in [6.45, 7) is 3.67. The van der Waals surface area contributed by atoms with Crippen molar-refractivity contribution in [1.29, 1.82) is 0 Å². The van der Waals surface area contributed by atoms with E-state index in [0.717, 1.165) is 21.7 Å². The molecule has 0 amide bonds. The number of halogens is 2. The van der Waals surface area contributed by atoms with Crippen LogP contribution >= 0.6 is 11.3 Å². The minimum absolute atomic E-state index is 0. The Labute approximate surface area is 222 Å². The molecule has 1 atom stereocenters. The molecule has 0 radical (unpaired) electrons. The van der Waals surface area contributed by atoms with Gasteiger partial charge in [-0.25, -0.2) is 13.8 Å². The van der Waals surface area contributed by atoms with E-state index in [-0.39, 0.29) is 63.1 Å². The van der Waals surface area contributed by atoms with Crippen LogP contribution in [0.2, 0.25) is 0 Å². The number of alkyl halides is 1. The topological polar surface area (TPSA) is 99.6 Å². The van der Waals surface area contributed by atoms with Gasteiger partial charge in [0.2, 0.25) is 4.34 Å². The van der Waals surface area contributed by atoms with Gasteiger partial charge in [0, 0.05) is 17.1 Å². The molecule has 0 aliphatic carbocycles. The average molecular weight is 519 g/mol. The minimum Gasteiger partial charge on any atom is -0.545 e. The van der Waals surface area contributed by atoms with Gasteiger partial charge >= 0.3 is 29.6 Å². The molecule has 0 aliphatic heterocycles. The number of hydrogen-bond acceptors (Lipinski definition) is 7. The molecule has 1 heterocycles. The van der Waals surface area contributed by atoms with Crippen LogP contribution in [0, 0.1) is 19.7 Å². The third-order valence-electron chi connectivity index (χ3n) is 4.62. The third kappa shape index (κ3) is 6.54. The summed E-state index contributed by atoms with van der Waals surface area (Å²) in [4.78, 5) is 14.9. The summed E-state index contributed by atoms with van der Waals surface area (Å²) in [6.07, 6.45) is -1.56. The Morgan fingerprint density at radius 2 is 1.88 bits per heavy atom. The smallest absolute Gasteiger partial charge is 0.545 e. The first kappa shape index (κ1) is 28.2. The van der Waals surface area contributed by atoms with Gasteiger partial charge in [0.1, 0.15) is 24.3 Å². The number of aryl methyl sites for hydroxylation is 2. The van der Waals surface area contributed by atoms with Gasteiger partial charge in [0.15, 0.2) is 0 Å². The maximum atomic E-state index is 14.5. The molecule has 1 unspecified atom stereocenters. The van der Waals surface area contributed by atoms with Crippen molar-refractivity contribution in [2.24, 2.45) is 0 Å². The largest absolute Gasteiger partial charge is 1.00 e. The summed E-state index contributed by atoms with van der Waals surface area (Å²) in [5.74, 6) is -1.98. The second-order valence-corrected chi connectivity index (χ2v) is 10.3. The van der Waals surface area contributed by atoms with E-state index in [9.17, 15) is 27.1 Å². The molecule has 1 aromatic heterocycles. The predicted octanol–water partition coefficient (Wildman–Crippen LogP) is 0.399. The van der Waals surface area contributed by atoms with Crippen molar-refractivity contribution in [2.75, 3.05) is 10.8 Å². The number of thiazole rings is 1. The number of ether oxygens (including phenoxy) is 1. The van der Waals surface area contributed by atoms with Crippen LogP contribution in [-0.4, -0.2) is 32.1 Å². The Morgan fingerprint density at radius 1 is 1.24 bits per heavy atom. The van der Waals surface area contributed by atoms with E-state index in [4.69, 9.17) is 4.74 Å². The summed E-state index contributed by atoms with van der Waals surface area (Å²) in [5, 5.41) is 12.5. The molecule has 12 heteroatoms. The van der Waals surface area contributed by atoms with E-state index >= 15 is 0 Å². The summed E-state index contributed by atoms with van der Waals surface area (Å²) in [5.41, 5.74) is 1.10. The summed E-state index contributed by atoms with van der Waals surface area (Å²) < 4.78 is 61.4. The fourth-order valence-electron chi connectivity index (χ4n) is 2.95. The van der Waals surface area contributed by atoms with Gasteiger partial charge in [-0.1, -0.05) is 24.3 Å². The molecule has 0 bridgehead atoms. The Kier molecular flexibility index (Phi) is 9.61. The van der Waals surface area contributed by atoms with E-state index in [1.54, 1.807) is 12.3 Å². The molecular weight excluding hydrogens is 497 g/mol. The van der Waals surface area contributed by atoms with E-state index in [1.165, 1.54) is 44.2 Å². The zero-order chi connectivity index (χ0) is 24.3. The zero-order valence-electron chi connectivity index (χ0n) is 19.0. The number of carboxylic acids is 1. The van der Waals surface area contributed by atoms with Gasteiger partial charge in [0.25, 0.3) is 10.0 Å². The monoisotopic (exact) mass is 518 g/mol. The van der Waals surface area contributed by atoms with Crippen molar-refractivity contribution in [1.82, 2.24) is 4.98 Å². The third-order valence-corrected chi connectivity index (χ3v) is 7.75. The molecule has 3 aromatic rings. The number of benzene rings is 2. The summed E-state index contributed by atoms with van der Waals surface area (Å²) in [6, 6.07) is 8.03. The van der Waals surface area contributed by atoms with Crippen molar-refractivity contribution < 1.29 is 61.4 Å². The first-order valence-corrected chi connectivity index (χ1v) is 12.1. The summed E-state index contributed by atoms with van der Waals surface area (Å²) in [7, 11) is -4.30. The van der Waals surface area contributed by atoms with E-state index in [2.05, 4.69) is 4.98 Å². The standard InChI is InChI=1S/C22H22F2N2O5S2.Na/c1-13-8-20(31-11-16-4-6-17(7-5-16)21(27)28)19(9-18(13)24)26(10-14(2)23)33(29,30)22-25-15(3)12-32-22;/h4-9,12,14H,10-11H2,1-3H3,(H,27,28);/q;+1/p-1. The molecule has 34 heavy (non-hydrogen) atoms. The van der Waals surface area contributed by atoms with Crippen LogP contribution < -0.4 is 43.7 Å². The Morgan fingerprint density at radius 3 is 2.41 bits per heavy atom. The van der Waals surface area contributed by atoms with Crippen molar-refractivity contribution >= 4 is 33.0 Å². The van der Waals surface area contributed by atoms with Crippen LogP contribution in [0.3, 0.4) is 0 Å². The Balaban J connectivity index is 0.00000408. The fraction of sp³-hybridized carbons (Fsp3) is 0.273. The average Bonchev–Trinajstić information content (AvgIpc) is 3.20. The summed E-state index contributed by atoms with van der Waals surface area (Å²) >= 11 is 0.883. The molecule has 0 saturated heterocycles. The molecule has 0 fully saturated rings. The number of carboxylic acid groups (broad SMARTS) is 1. The van der Waals surface area contributed by atoms with Gasteiger partial charge < -0.3 is 14.6 Å². The number of carbonyl (C=O) groups excluding carboxylic acids is 1. The van der Waals surface area contributed by atoms with Crippen LogP contribution in [0.15, 0.2) is 46.1 Å². The minimum atomic E-state index is -4.30. The number of sulfonamides is 1. The van der Waals surface area contributed by atoms with Crippen LogP contribution in [0.1, 0.15) is 34.1 Å². The fourth-order valence-corrected chi connectivity index (χ4v) is 5.63. The maximum Gasteiger partial charge on any atom is 1.00 e. The first-order chi connectivity index (χ1) is 15.5. The zero-order valence-corrected chi connectivity index (χ0v) is 22.7. The van der Waals surface area contributed by atoms with Crippen molar-refractivity contribution in [3.8, 4) is 5.75 Å². The van der Waals surface area contributed by atoms with Crippen LogP contribution in [-0.2, 0) is 16.6 Å². The van der Waals surface area contributed by atoms with Gasteiger partial charge in [-0.2, -0.15) is 8.42 Å². The second-order valence-electron chi connectivity index (χ2n) is 7.41. The number of aromatic carboxylic acids is 1. The quantitative estimate of drug-likeness (QED) is 0.381. The second kappa shape index (κ2) is 11.6. The number of aromatic nitrogens is 1. The van der Waals surface area contributed by atoms with Gasteiger partial charge in [-0.3, -0.25) is 4.31 Å². The first-order valence-electron chi connectivity index (χ1n) is 9.81. The number of rotatable bonds is 9. The molecule has 176 valence electrons. The van der Waals surface area contributed by atoms with Gasteiger partial charge in [-0.05, 0) is 43.5 Å². The molecule has 0 saturated carbocycles. The number of nitrogens with zero attached hydrogens (tertiary/aromatic N) is 2. The van der Waals surface area contributed by atoms with Gasteiger partial charge in [0.05, 0.1) is 18.2 Å².